The number of hydrazine groups is 1. The summed E-state index contributed by atoms with van der Waals surface area (Å²) >= 11 is 6.31. The van der Waals surface area contributed by atoms with Crippen molar-refractivity contribution in [1.29, 1.82) is 0 Å². The van der Waals surface area contributed by atoms with Gasteiger partial charge in [-0.15, -0.1) is 0 Å². The van der Waals surface area contributed by atoms with Crippen LogP contribution in [-0.2, 0) is 0 Å². The first-order chi connectivity index (χ1) is 14.5. The van der Waals surface area contributed by atoms with Gasteiger partial charge in [-0.3, -0.25) is 5.43 Å². The number of pyridine rings is 1. The van der Waals surface area contributed by atoms with E-state index in [0.29, 0.717) is 42.7 Å². The quantitative estimate of drug-likeness (QED) is 0.641. The van der Waals surface area contributed by atoms with Crippen molar-refractivity contribution in [3.05, 3.63) is 41.7 Å². The maximum atomic E-state index is 10.8. The Balaban J connectivity index is 1.60. The minimum absolute atomic E-state index is 0.485. The lowest BCUT2D eigenvalue weighted by molar-refractivity contribution is 0.134. The molecule has 1 amide bonds. The number of rotatable bonds is 5. The maximum absolute atomic E-state index is 10.8. The lowest BCUT2D eigenvalue weighted by Gasteiger charge is -2.35. The summed E-state index contributed by atoms with van der Waals surface area (Å²) in [4.78, 5) is 17.7. The van der Waals surface area contributed by atoms with Gasteiger partial charge in [0.15, 0.2) is 0 Å². The Morgan fingerprint density at radius 2 is 1.87 bits per heavy atom. The summed E-state index contributed by atoms with van der Waals surface area (Å²) < 4.78 is 12.7. The molecule has 1 aromatic carbocycles. The summed E-state index contributed by atoms with van der Waals surface area (Å²) in [5.41, 5.74) is 5.75. The highest BCUT2D eigenvalue weighted by Gasteiger charge is 2.19. The molecule has 0 spiro atoms. The largest absolute Gasteiger partial charge is 0.496 e. The van der Waals surface area contributed by atoms with Crippen LogP contribution in [-0.4, -0.2) is 66.0 Å². The minimum atomic E-state index is -1.04. The maximum Gasteiger partial charge on any atom is 0.419 e. The van der Waals surface area contributed by atoms with Crippen LogP contribution in [0, 0.1) is 0 Å². The number of amides is 1. The molecule has 0 aliphatic carbocycles. The van der Waals surface area contributed by atoms with Gasteiger partial charge in [-0.2, -0.15) is 0 Å². The number of benzene rings is 1. The van der Waals surface area contributed by atoms with E-state index < -0.39 is 6.09 Å². The molecule has 30 heavy (non-hydrogen) atoms. The SMILES string of the molecule is COc1cc(OC)c(-c2cn3ccc(N4CCN(NC(=O)O)CC4)cc3n2)cc1Cl. The number of halogens is 1. The number of carboxylic acid groups (broad SMARTS) is 1. The first-order valence-electron chi connectivity index (χ1n) is 9.38. The Hall–Kier alpha value is -3.17. The first kappa shape index (κ1) is 20.1. The third kappa shape index (κ3) is 3.94. The molecule has 4 rings (SSSR count). The van der Waals surface area contributed by atoms with Crippen LogP contribution in [0.4, 0.5) is 10.5 Å². The van der Waals surface area contributed by atoms with Crippen molar-refractivity contribution in [2.24, 2.45) is 0 Å². The standard InChI is InChI=1S/C20H22ClN5O4/c1-29-17-11-18(30-2)15(21)10-14(17)16-12-25-4-3-13(9-19(25)22-16)24-5-7-26(8-6-24)23-20(27)28/h3-4,9-12,23H,5-8H2,1-2H3,(H,27,28). The number of nitrogens with one attached hydrogen (secondary N) is 1. The molecular formula is C20H22ClN5O4. The summed E-state index contributed by atoms with van der Waals surface area (Å²) in [7, 11) is 3.16. The number of piperazine rings is 1. The minimum Gasteiger partial charge on any atom is -0.496 e. The van der Waals surface area contributed by atoms with Gasteiger partial charge < -0.3 is 23.9 Å². The lowest BCUT2D eigenvalue weighted by Crippen LogP contribution is -2.53. The molecule has 1 aliphatic heterocycles. The van der Waals surface area contributed by atoms with Crippen molar-refractivity contribution in [2.45, 2.75) is 0 Å². The fourth-order valence-electron chi connectivity index (χ4n) is 3.57. The molecule has 9 nitrogen and oxygen atoms in total. The molecule has 0 saturated carbocycles. The third-order valence-corrected chi connectivity index (χ3v) is 5.39. The van der Waals surface area contributed by atoms with Crippen molar-refractivity contribution < 1.29 is 19.4 Å². The monoisotopic (exact) mass is 431 g/mol. The number of ether oxygens (including phenoxy) is 2. The van der Waals surface area contributed by atoms with Crippen molar-refractivity contribution >= 4 is 29.0 Å². The summed E-state index contributed by atoms with van der Waals surface area (Å²) in [5.74, 6) is 1.17. The third-order valence-electron chi connectivity index (χ3n) is 5.09. The molecule has 3 heterocycles. The molecule has 1 fully saturated rings. The Morgan fingerprint density at radius 3 is 2.53 bits per heavy atom. The van der Waals surface area contributed by atoms with Crippen LogP contribution < -0.4 is 19.8 Å². The number of fused-ring (bicyclic) bond motifs is 1. The van der Waals surface area contributed by atoms with Gasteiger partial charge >= 0.3 is 6.09 Å². The summed E-state index contributed by atoms with van der Waals surface area (Å²) in [5, 5.41) is 11.0. The van der Waals surface area contributed by atoms with Gasteiger partial charge in [0, 0.05) is 62.0 Å². The molecular weight excluding hydrogens is 410 g/mol. The molecule has 2 aromatic heterocycles. The molecule has 10 heteroatoms. The molecule has 0 bridgehead atoms. The topological polar surface area (TPSA) is 91.6 Å². The highest BCUT2D eigenvalue weighted by Crippen LogP contribution is 2.38. The van der Waals surface area contributed by atoms with E-state index in [2.05, 4.69) is 10.3 Å². The van der Waals surface area contributed by atoms with Gasteiger partial charge in [-0.05, 0) is 12.1 Å². The number of aromatic nitrogens is 2. The molecule has 0 radical (unpaired) electrons. The van der Waals surface area contributed by atoms with E-state index in [1.54, 1.807) is 31.4 Å². The Labute approximate surface area is 178 Å². The normalized spacial score (nSPS) is 14.7. The number of methoxy groups -OCH3 is 2. The van der Waals surface area contributed by atoms with E-state index in [1.807, 2.05) is 28.9 Å². The average Bonchev–Trinajstić information content (AvgIpc) is 3.17. The molecule has 0 unspecified atom stereocenters. The Morgan fingerprint density at radius 1 is 1.13 bits per heavy atom. The van der Waals surface area contributed by atoms with E-state index in [1.165, 1.54) is 0 Å². The van der Waals surface area contributed by atoms with E-state index in [4.69, 9.17) is 31.2 Å². The van der Waals surface area contributed by atoms with Crippen molar-refractivity contribution in [2.75, 3.05) is 45.3 Å². The van der Waals surface area contributed by atoms with E-state index in [9.17, 15) is 4.79 Å². The van der Waals surface area contributed by atoms with Crippen LogP contribution >= 0.6 is 11.6 Å². The van der Waals surface area contributed by atoms with Gasteiger partial charge in [-0.25, -0.2) is 14.8 Å². The van der Waals surface area contributed by atoms with Crippen LogP contribution in [0.15, 0.2) is 36.7 Å². The predicted molar refractivity (Wildman–Crippen MR) is 114 cm³/mol. The number of imidazole rings is 1. The van der Waals surface area contributed by atoms with Crippen LogP contribution in [0.3, 0.4) is 0 Å². The van der Waals surface area contributed by atoms with E-state index in [-0.39, 0.29) is 0 Å². The second-order valence-corrected chi connectivity index (χ2v) is 7.26. The molecule has 1 aliphatic rings. The van der Waals surface area contributed by atoms with Gasteiger partial charge in [-0.1, -0.05) is 11.6 Å². The highest BCUT2D eigenvalue weighted by molar-refractivity contribution is 6.32. The molecule has 2 N–H and O–H groups in total. The van der Waals surface area contributed by atoms with Crippen LogP contribution in [0.2, 0.25) is 5.02 Å². The number of carbonyl (C=O) groups is 1. The van der Waals surface area contributed by atoms with Gasteiger partial charge in [0.1, 0.15) is 17.1 Å². The summed E-state index contributed by atoms with van der Waals surface area (Å²) in [6.07, 6.45) is 2.85. The zero-order valence-corrected chi connectivity index (χ0v) is 17.4. The smallest absolute Gasteiger partial charge is 0.419 e. The van der Waals surface area contributed by atoms with Crippen molar-refractivity contribution in [3.8, 4) is 22.8 Å². The number of anilines is 1. The lowest BCUT2D eigenvalue weighted by atomic mass is 10.1. The average molecular weight is 432 g/mol. The fraction of sp³-hybridized carbons (Fsp3) is 0.300. The van der Waals surface area contributed by atoms with Crippen LogP contribution in [0.5, 0.6) is 11.5 Å². The van der Waals surface area contributed by atoms with Gasteiger partial charge in [0.25, 0.3) is 0 Å². The second kappa shape index (κ2) is 8.29. The van der Waals surface area contributed by atoms with Gasteiger partial charge in [0.2, 0.25) is 0 Å². The second-order valence-electron chi connectivity index (χ2n) is 6.85. The predicted octanol–water partition coefficient (Wildman–Crippen LogP) is 2.98. The first-order valence-corrected chi connectivity index (χ1v) is 9.76. The molecule has 158 valence electrons. The number of hydrogen-bond acceptors (Lipinski definition) is 6. The number of nitrogens with zero attached hydrogens (tertiary/aromatic N) is 4. The van der Waals surface area contributed by atoms with E-state index >= 15 is 0 Å². The zero-order chi connectivity index (χ0) is 21.3. The van der Waals surface area contributed by atoms with Crippen LogP contribution in [0.1, 0.15) is 0 Å². The molecule has 1 saturated heterocycles. The molecule has 3 aromatic rings. The fourth-order valence-corrected chi connectivity index (χ4v) is 3.81. The summed E-state index contributed by atoms with van der Waals surface area (Å²) in [6, 6.07) is 7.58. The van der Waals surface area contributed by atoms with Gasteiger partial charge in [0.05, 0.1) is 24.9 Å². The summed E-state index contributed by atoms with van der Waals surface area (Å²) in [6.45, 7) is 2.65. The van der Waals surface area contributed by atoms with Crippen molar-refractivity contribution in [1.82, 2.24) is 19.8 Å². The Bertz CT molecular complexity index is 1080. The highest BCUT2D eigenvalue weighted by atomic mass is 35.5. The molecule has 0 atom stereocenters. The zero-order valence-electron chi connectivity index (χ0n) is 16.6. The van der Waals surface area contributed by atoms with Crippen LogP contribution in [0.25, 0.3) is 16.9 Å². The van der Waals surface area contributed by atoms with Crippen molar-refractivity contribution in [3.63, 3.8) is 0 Å². The number of hydrogen-bond donors (Lipinski definition) is 2. The Kier molecular flexibility index (Phi) is 5.56. The van der Waals surface area contributed by atoms with E-state index in [0.717, 1.165) is 22.6 Å².